The number of nitrogens with zero attached hydrogens (tertiary/aromatic N) is 2. The number of thiazole rings is 1. The number of H-pyrrole nitrogens is 1. The Bertz CT molecular complexity index is 591. The van der Waals surface area contributed by atoms with Gasteiger partial charge in [-0.1, -0.05) is 12.8 Å². The maximum atomic E-state index is 12.0. The van der Waals surface area contributed by atoms with E-state index in [-0.39, 0.29) is 5.91 Å². The zero-order chi connectivity index (χ0) is 13.9. The molecule has 0 aliphatic heterocycles. The second-order valence-electron chi connectivity index (χ2n) is 5.19. The topological polar surface area (TPSA) is 70.7 Å². The van der Waals surface area contributed by atoms with Gasteiger partial charge in [-0.25, -0.2) is 4.98 Å². The van der Waals surface area contributed by atoms with E-state index in [1.54, 1.807) is 17.4 Å². The van der Waals surface area contributed by atoms with Crippen LogP contribution in [0, 0.1) is 6.92 Å². The number of rotatable bonds is 2. The minimum Gasteiger partial charge on any atom is -0.296 e. The molecule has 0 radical (unpaired) electrons. The monoisotopic (exact) mass is 290 g/mol. The Hall–Kier alpha value is -1.69. The Morgan fingerprint density at radius 3 is 2.85 bits per heavy atom. The van der Waals surface area contributed by atoms with E-state index in [1.165, 1.54) is 36.3 Å². The lowest BCUT2D eigenvalue weighted by Gasteiger charge is -2.06. The van der Waals surface area contributed by atoms with E-state index in [0.29, 0.717) is 10.8 Å². The molecule has 2 N–H and O–H groups in total. The van der Waals surface area contributed by atoms with Gasteiger partial charge >= 0.3 is 0 Å². The molecule has 5 nitrogen and oxygen atoms in total. The predicted molar refractivity (Wildman–Crippen MR) is 79.3 cm³/mol. The molecule has 1 aliphatic carbocycles. The van der Waals surface area contributed by atoms with Gasteiger partial charge in [-0.15, -0.1) is 11.3 Å². The maximum Gasteiger partial charge on any atom is 0.277 e. The van der Waals surface area contributed by atoms with Crippen LogP contribution in [0.5, 0.6) is 0 Å². The van der Waals surface area contributed by atoms with Gasteiger partial charge in [0.1, 0.15) is 0 Å². The summed E-state index contributed by atoms with van der Waals surface area (Å²) in [5, 5.41) is 10.3. The summed E-state index contributed by atoms with van der Waals surface area (Å²) in [7, 11) is 0. The van der Waals surface area contributed by atoms with Crippen LogP contribution in [0.25, 0.3) is 0 Å². The molecule has 0 unspecified atom stereocenters. The first kappa shape index (κ1) is 13.3. The lowest BCUT2D eigenvalue weighted by molar-refractivity contribution is 0.102. The number of nitrogens with one attached hydrogen (secondary N) is 2. The van der Waals surface area contributed by atoms with Gasteiger partial charge in [-0.3, -0.25) is 15.2 Å². The standard InChI is InChI=1S/C14H18N4OS/c1-9-8-11(18-17-9)13(19)16-14-15-10-6-4-2-3-5-7-12(10)20-14/h8H,2-7H2,1H3,(H,17,18)(H,15,16,19). The van der Waals surface area contributed by atoms with Crippen LogP contribution in [-0.4, -0.2) is 21.1 Å². The number of carbonyl (C=O) groups excluding carboxylic acids is 1. The van der Waals surface area contributed by atoms with Crippen LogP contribution in [0.3, 0.4) is 0 Å². The zero-order valence-corrected chi connectivity index (χ0v) is 12.3. The van der Waals surface area contributed by atoms with Crippen molar-refractivity contribution in [3.05, 3.63) is 28.0 Å². The van der Waals surface area contributed by atoms with E-state index in [2.05, 4.69) is 20.5 Å². The second kappa shape index (κ2) is 5.75. The van der Waals surface area contributed by atoms with Crippen LogP contribution in [0.1, 0.15) is 52.4 Å². The molecule has 6 heteroatoms. The number of aromatic amines is 1. The molecule has 1 aliphatic rings. The fraction of sp³-hybridized carbons (Fsp3) is 0.500. The number of fused-ring (bicyclic) bond motifs is 1. The van der Waals surface area contributed by atoms with Crippen LogP contribution in [-0.2, 0) is 12.8 Å². The summed E-state index contributed by atoms with van der Waals surface area (Å²) in [6.07, 6.45) is 7.12. The third kappa shape index (κ3) is 2.90. The molecule has 0 aromatic carbocycles. The van der Waals surface area contributed by atoms with Crippen molar-refractivity contribution in [1.29, 1.82) is 0 Å². The summed E-state index contributed by atoms with van der Waals surface area (Å²) in [6, 6.07) is 1.74. The van der Waals surface area contributed by atoms with E-state index in [4.69, 9.17) is 0 Å². The first-order valence-electron chi connectivity index (χ1n) is 7.04. The highest BCUT2D eigenvalue weighted by molar-refractivity contribution is 7.15. The molecular weight excluding hydrogens is 272 g/mol. The SMILES string of the molecule is Cc1cc(C(=O)Nc2nc3c(s2)CCCCCC3)n[nH]1. The predicted octanol–water partition coefficient (Wildman–Crippen LogP) is 3.09. The highest BCUT2D eigenvalue weighted by atomic mass is 32.1. The first-order valence-corrected chi connectivity index (χ1v) is 7.86. The van der Waals surface area contributed by atoms with Crippen molar-refractivity contribution in [1.82, 2.24) is 15.2 Å². The van der Waals surface area contributed by atoms with E-state index < -0.39 is 0 Å². The molecule has 2 aromatic heterocycles. The molecule has 20 heavy (non-hydrogen) atoms. The summed E-state index contributed by atoms with van der Waals surface area (Å²) >= 11 is 1.61. The highest BCUT2D eigenvalue weighted by Crippen LogP contribution is 2.28. The number of amides is 1. The third-order valence-corrected chi connectivity index (χ3v) is 4.58. The van der Waals surface area contributed by atoms with Gasteiger partial charge < -0.3 is 0 Å². The van der Waals surface area contributed by atoms with Gasteiger partial charge in [0.05, 0.1) is 5.69 Å². The van der Waals surface area contributed by atoms with Gasteiger partial charge in [-0.2, -0.15) is 5.10 Å². The third-order valence-electron chi connectivity index (χ3n) is 3.50. The quantitative estimate of drug-likeness (QED) is 0.893. The second-order valence-corrected chi connectivity index (χ2v) is 6.28. The van der Waals surface area contributed by atoms with Crippen molar-refractivity contribution >= 4 is 22.4 Å². The van der Waals surface area contributed by atoms with E-state index >= 15 is 0 Å². The largest absolute Gasteiger partial charge is 0.296 e. The minimum absolute atomic E-state index is 0.198. The number of hydrogen-bond donors (Lipinski definition) is 2. The summed E-state index contributed by atoms with van der Waals surface area (Å²) < 4.78 is 0. The molecule has 2 aromatic rings. The Labute approximate surface area is 121 Å². The molecule has 0 saturated carbocycles. The maximum absolute atomic E-state index is 12.0. The fourth-order valence-electron chi connectivity index (χ4n) is 2.45. The summed E-state index contributed by atoms with van der Waals surface area (Å²) in [6.45, 7) is 1.87. The van der Waals surface area contributed by atoms with Crippen LogP contribution in [0.15, 0.2) is 6.07 Å². The van der Waals surface area contributed by atoms with Crippen LogP contribution < -0.4 is 5.32 Å². The number of hydrogen-bond acceptors (Lipinski definition) is 4. The molecule has 0 atom stereocenters. The Kier molecular flexibility index (Phi) is 3.82. The number of aryl methyl sites for hydroxylation is 3. The number of carbonyl (C=O) groups is 1. The van der Waals surface area contributed by atoms with Gasteiger partial charge in [0.2, 0.25) is 0 Å². The molecule has 3 rings (SSSR count). The van der Waals surface area contributed by atoms with Crippen molar-refractivity contribution in [2.45, 2.75) is 45.4 Å². The van der Waals surface area contributed by atoms with Gasteiger partial charge in [0.25, 0.3) is 5.91 Å². The van der Waals surface area contributed by atoms with E-state index in [1.807, 2.05) is 6.92 Å². The lowest BCUT2D eigenvalue weighted by atomic mass is 10.0. The molecule has 2 heterocycles. The molecule has 0 fully saturated rings. The van der Waals surface area contributed by atoms with Crippen LogP contribution in [0.4, 0.5) is 5.13 Å². The molecule has 0 saturated heterocycles. The molecule has 106 valence electrons. The minimum atomic E-state index is -0.198. The molecule has 0 bridgehead atoms. The number of aromatic nitrogens is 3. The van der Waals surface area contributed by atoms with E-state index in [0.717, 1.165) is 18.5 Å². The lowest BCUT2D eigenvalue weighted by Crippen LogP contribution is -2.12. The van der Waals surface area contributed by atoms with Crippen LogP contribution in [0.2, 0.25) is 0 Å². The van der Waals surface area contributed by atoms with Crippen molar-refractivity contribution in [2.75, 3.05) is 5.32 Å². The van der Waals surface area contributed by atoms with Crippen LogP contribution >= 0.6 is 11.3 Å². The Balaban J connectivity index is 1.74. The molecular formula is C14H18N4OS. The van der Waals surface area contributed by atoms with E-state index in [9.17, 15) is 4.79 Å². The van der Waals surface area contributed by atoms with Crippen molar-refractivity contribution in [2.24, 2.45) is 0 Å². The first-order chi connectivity index (χ1) is 9.72. The Morgan fingerprint density at radius 2 is 2.10 bits per heavy atom. The Morgan fingerprint density at radius 1 is 1.30 bits per heavy atom. The van der Waals surface area contributed by atoms with Crippen molar-refractivity contribution in [3.8, 4) is 0 Å². The zero-order valence-electron chi connectivity index (χ0n) is 11.5. The summed E-state index contributed by atoms with van der Waals surface area (Å²) in [5.41, 5.74) is 2.45. The highest BCUT2D eigenvalue weighted by Gasteiger charge is 2.16. The summed E-state index contributed by atoms with van der Waals surface area (Å²) in [5.74, 6) is -0.198. The summed E-state index contributed by atoms with van der Waals surface area (Å²) in [4.78, 5) is 18.0. The van der Waals surface area contributed by atoms with Gasteiger partial charge in [0, 0.05) is 10.6 Å². The molecule has 0 spiro atoms. The molecule has 1 amide bonds. The van der Waals surface area contributed by atoms with Gasteiger partial charge in [-0.05, 0) is 38.7 Å². The van der Waals surface area contributed by atoms with Gasteiger partial charge in [0.15, 0.2) is 10.8 Å². The average molecular weight is 290 g/mol. The smallest absolute Gasteiger partial charge is 0.277 e. The number of anilines is 1. The van der Waals surface area contributed by atoms with Crippen molar-refractivity contribution in [3.63, 3.8) is 0 Å². The average Bonchev–Trinajstić information content (AvgIpc) is 2.97. The fourth-order valence-corrected chi connectivity index (χ4v) is 3.50. The van der Waals surface area contributed by atoms with Crippen molar-refractivity contribution < 1.29 is 4.79 Å². The normalized spacial score (nSPS) is 15.2.